The van der Waals surface area contributed by atoms with Gasteiger partial charge in [-0.05, 0) is 0 Å². The van der Waals surface area contributed by atoms with Gasteiger partial charge in [0.05, 0.1) is 8.47 Å². The molecule has 0 fully saturated rings. The van der Waals surface area contributed by atoms with E-state index >= 15 is 0 Å². The summed E-state index contributed by atoms with van der Waals surface area (Å²) in [7, 11) is 0. The van der Waals surface area contributed by atoms with Crippen LogP contribution in [0.25, 0.3) is 0 Å². The van der Waals surface area contributed by atoms with Crippen LogP contribution in [0.5, 0.6) is 0 Å². The third-order valence-corrected chi connectivity index (χ3v) is 8.22. The number of nitrogens with one attached hydrogen (secondary N) is 4. The lowest BCUT2D eigenvalue weighted by molar-refractivity contribution is 0.881. The van der Waals surface area contributed by atoms with Crippen molar-refractivity contribution in [2.75, 3.05) is 0 Å². The van der Waals surface area contributed by atoms with Gasteiger partial charge < -0.3 is 9.97 Å². The lowest BCUT2D eigenvalue weighted by Gasteiger charge is -1.97. The van der Waals surface area contributed by atoms with Crippen LogP contribution < -0.4 is 22.5 Å². The Morgan fingerprint density at radius 1 is 0.545 bits per heavy atom. The summed E-state index contributed by atoms with van der Waals surface area (Å²) >= 11 is 4.99. The summed E-state index contributed by atoms with van der Waals surface area (Å²) in [5.74, 6) is 0. The van der Waals surface area contributed by atoms with Crippen LogP contribution in [0.4, 0.5) is 0 Å². The van der Waals surface area contributed by atoms with Crippen LogP contribution in [-0.4, -0.2) is 19.9 Å². The van der Waals surface area contributed by atoms with E-state index in [0.717, 1.165) is 8.47 Å². The number of rotatable bonds is 0. The Hall–Kier alpha value is -1.50. The molecular weight excluding hydrogens is 368 g/mol. The predicted molar refractivity (Wildman–Crippen MR) is 85.8 cm³/mol. The zero-order valence-corrected chi connectivity index (χ0v) is 13.5. The Morgan fingerprint density at radius 3 is 1.36 bits per heavy atom. The number of fused-ring (bicyclic) bond motifs is 2. The smallest absolute Gasteiger partial charge is 0.301 e. The SMILES string of the molecule is O=c1[nH]c2c(c(=O)[nH]1)S/C(=C1\Sc3[nH]c(=O)[nH]c(=O)c3S1)S2. The van der Waals surface area contributed by atoms with E-state index in [1.165, 1.54) is 47.0 Å². The summed E-state index contributed by atoms with van der Waals surface area (Å²) in [5, 5.41) is 0.974. The van der Waals surface area contributed by atoms with Crippen molar-refractivity contribution in [2.24, 2.45) is 0 Å². The lowest BCUT2D eigenvalue weighted by atomic mass is 10.6. The maximum Gasteiger partial charge on any atom is 0.326 e. The van der Waals surface area contributed by atoms with Crippen LogP contribution in [0.2, 0.25) is 0 Å². The van der Waals surface area contributed by atoms with Gasteiger partial charge in [-0.25, -0.2) is 9.59 Å². The van der Waals surface area contributed by atoms with E-state index in [2.05, 4.69) is 19.9 Å². The highest BCUT2D eigenvalue weighted by atomic mass is 32.2. The van der Waals surface area contributed by atoms with Gasteiger partial charge in [0, 0.05) is 0 Å². The topological polar surface area (TPSA) is 131 Å². The fraction of sp³-hybridized carbons (Fsp3) is 0. The Morgan fingerprint density at radius 2 is 0.955 bits per heavy atom. The van der Waals surface area contributed by atoms with Gasteiger partial charge in [-0.15, -0.1) is 0 Å². The van der Waals surface area contributed by atoms with Gasteiger partial charge in [0.1, 0.15) is 19.8 Å². The number of hydrogen-bond donors (Lipinski definition) is 4. The quantitative estimate of drug-likeness (QED) is 0.496. The Bertz CT molecular complexity index is 990. The van der Waals surface area contributed by atoms with Gasteiger partial charge in [0.2, 0.25) is 0 Å². The molecule has 0 bridgehead atoms. The minimum Gasteiger partial charge on any atom is -0.301 e. The van der Waals surface area contributed by atoms with Gasteiger partial charge in [0.15, 0.2) is 0 Å². The van der Waals surface area contributed by atoms with Crippen molar-refractivity contribution in [2.45, 2.75) is 19.8 Å². The number of hydrogen-bond acceptors (Lipinski definition) is 8. The molecule has 0 aliphatic carbocycles. The van der Waals surface area contributed by atoms with Gasteiger partial charge >= 0.3 is 11.4 Å². The summed E-state index contributed by atoms with van der Waals surface area (Å²) in [5.41, 5.74) is -2.00. The van der Waals surface area contributed by atoms with Crippen molar-refractivity contribution >= 4 is 47.0 Å². The zero-order valence-electron chi connectivity index (χ0n) is 10.3. The molecule has 0 saturated heterocycles. The highest BCUT2D eigenvalue weighted by Gasteiger charge is 2.30. The fourth-order valence-corrected chi connectivity index (χ4v) is 6.96. The standard InChI is InChI=1S/C10H4N4O4S4/c15-3-1-5(13-9(17)11-3)21-7(19-1)8-20-2-4(16)12-10(18)14-6(2)22-8/h(H2,11,13,15,17)(H2,12,14,16,18)/b8-7+. The molecule has 2 aliphatic rings. The molecular formula is C10H4N4O4S4. The molecule has 0 spiro atoms. The van der Waals surface area contributed by atoms with Gasteiger partial charge in [-0.1, -0.05) is 47.0 Å². The largest absolute Gasteiger partial charge is 0.326 e. The summed E-state index contributed by atoms with van der Waals surface area (Å²) in [6.45, 7) is 0. The molecule has 0 amide bonds. The second-order valence-corrected chi connectivity index (χ2v) is 8.72. The second kappa shape index (κ2) is 5.01. The van der Waals surface area contributed by atoms with Crippen LogP contribution >= 0.6 is 47.0 Å². The third-order valence-electron chi connectivity index (χ3n) is 2.68. The van der Waals surface area contributed by atoms with Gasteiger partial charge in [-0.2, -0.15) is 0 Å². The second-order valence-electron chi connectivity index (χ2n) is 4.12. The molecule has 0 unspecified atom stereocenters. The molecule has 0 radical (unpaired) electrons. The predicted octanol–water partition coefficient (Wildman–Crippen LogP) is 0.662. The molecule has 0 saturated carbocycles. The normalized spacial score (nSPS) is 19.3. The molecule has 22 heavy (non-hydrogen) atoms. The first-order valence-corrected chi connectivity index (χ1v) is 8.97. The highest BCUT2D eigenvalue weighted by Crippen LogP contribution is 2.58. The molecule has 4 heterocycles. The first-order valence-electron chi connectivity index (χ1n) is 5.70. The van der Waals surface area contributed by atoms with E-state index in [1.807, 2.05) is 0 Å². The molecule has 4 rings (SSSR count). The maximum atomic E-state index is 11.8. The Kier molecular flexibility index (Phi) is 3.21. The van der Waals surface area contributed by atoms with E-state index in [9.17, 15) is 19.2 Å². The lowest BCUT2D eigenvalue weighted by Crippen LogP contribution is -2.23. The summed E-state index contributed by atoms with van der Waals surface area (Å²) in [6, 6.07) is 0. The number of aromatic amines is 4. The Labute approximate surface area is 137 Å². The number of H-pyrrole nitrogens is 4. The average Bonchev–Trinajstić information content (AvgIpc) is 3.01. The van der Waals surface area contributed by atoms with Crippen molar-refractivity contribution in [3.05, 3.63) is 50.2 Å². The van der Waals surface area contributed by atoms with Crippen LogP contribution in [-0.2, 0) is 0 Å². The first-order chi connectivity index (χ1) is 10.5. The van der Waals surface area contributed by atoms with Crippen molar-refractivity contribution in [3.8, 4) is 0 Å². The molecule has 112 valence electrons. The van der Waals surface area contributed by atoms with E-state index < -0.39 is 22.5 Å². The van der Waals surface area contributed by atoms with E-state index in [-0.39, 0.29) is 0 Å². The molecule has 2 aromatic heterocycles. The van der Waals surface area contributed by atoms with Crippen molar-refractivity contribution in [1.29, 1.82) is 0 Å². The zero-order chi connectivity index (χ0) is 15.4. The highest BCUT2D eigenvalue weighted by molar-refractivity contribution is 8.30. The van der Waals surface area contributed by atoms with Crippen molar-refractivity contribution in [3.63, 3.8) is 0 Å². The van der Waals surface area contributed by atoms with Crippen molar-refractivity contribution in [1.82, 2.24) is 19.9 Å². The van der Waals surface area contributed by atoms with Crippen LogP contribution in [0, 0.1) is 0 Å². The summed E-state index contributed by atoms with van der Waals surface area (Å²) < 4.78 is 1.57. The molecule has 0 aromatic carbocycles. The summed E-state index contributed by atoms with van der Waals surface area (Å²) in [6.07, 6.45) is 0. The Balaban J connectivity index is 1.78. The molecule has 0 atom stereocenters. The van der Waals surface area contributed by atoms with Crippen LogP contribution in [0.15, 0.2) is 47.5 Å². The fourth-order valence-electron chi connectivity index (χ4n) is 1.82. The molecule has 2 aliphatic heterocycles. The first kappa shape index (κ1) is 14.1. The molecule has 4 N–H and O–H groups in total. The molecule has 12 heteroatoms. The van der Waals surface area contributed by atoms with Crippen molar-refractivity contribution < 1.29 is 0 Å². The minimum atomic E-state index is -0.557. The number of thioether (sulfide) groups is 4. The van der Waals surface area contributed by atoms with Crippen LogP contribution in [0.3, 0.4) is 0 Å². The monoisotopic (exact) mass is 372 g/mol. The van der Waals surface area contributed by atoms with Crippen LogP contribution in [0.1, 0.15) is 0 Å². The van der Waals surface area contributed by atoms with E-state index in [1.54, 1.807) is 0 Å². The minimum absolute atomic E-state index is 0.423. The third kappa shape index (κ3) is 2.22. The molecule has 2 aromatic rings. The van der Waals surface area contributed by atoms with E-state index in [0.29, 0.717) is 19.8 Å². The number of aromatic nitrogens is 4. The maximum absolute atomic E-state index is 11.8. The van der Waals surface area contributed by atoms with E-state index in [4.69, 9.17) is 0 Å². The summed E-state index contributed by atoms with van der Waals surface area (Å²) in [4.78, 5) is 56.5. The molecule has 8 nitrogen and oxygen atoms in total. The van der Waals surface area contributed by atoms with Gasteiger partial charge in [-0.3, -0.25) is 19.6 Å². The van der Waals surface area contributed by atoms with Gasteiger partial charge in [0.25, 0.3) is 11.1 Å². The average molecular weight is 372 g/mol.